The van der Waals surface area contributed by atoms with Gasteiger partial charge in [-0.05, 0) is 77.3 Å². The molecule has 0 aromatic heterocycles. The number of rotatable bonds is 13. The molecule has 0 bridgehead atoms. The zero-order valence-electron chi connectivity index (χ0n) is 33.0. The fraction of sp³-hybridized carbons (Fsp3) is 0.289. The van der Waals surface area contributed by atoms with E-state index in [0.29, 0.717) is 29.2 Å². The van der Waals surface area contributed by atoms with Gasteiger partial charge in [0.15, 0.2) is 0 Å². The first-order valence-electron chi connectivity index (χ1n) is 19.1. The number of para-hydroxylation sites is 2. The number of amides is 3. The molecule has 0 spiro atoms. The highest BCUT2D eigenvalue weighted by Gasteiger charge is 2.37. The lowest BCUT2D eigenvalue weighted by Crippen LogP contribution is -2.53. The van der Waals surface area contributed by atoms with Crippen molar-refractivity contribution < 1.29 is 33.4 Å². The molecule has 1 aliphatic heterocycles. The number of carbonyl (C=O) groups excluding carboxylic acids is 4. The van der Waals surface area contributed by atoms with E-state index < -0.39 is 18.1 Å². The van der Waals surface area contributed by atoms with E-state index in [-0.39, 0.29) is 68.8 Å². The minimum Gasteiger partial charge on any atom is -0.496 e. The average molecular weight is 806 g/mol. The van der Waals surface area contributed by atoms with Gasteiger partial charge in [0.05, 0.1) is 44.2 Å². The molecule has 13 heteroatoms. The molecule has 3 amide bonds. The number of ether oxygens (including phenoxy) is 3. The van der Waals surface area contributed by atoms with Crippen LogP contribution in [0.2, 0.25) is 0 Å². The molecule has 1 aliphatic carbocycles. The maximum absolute atomic E-state index is 14.7. The van der Waals surface area contributed by atoms with Gasteiger partial charge < -0.3 is 40.0 Å². The quantitative estimate of drug-likeness (QED) is 0.115. The molecule has 1 heterocycles. The van der Waals surface area contributed by atoms with Crippen molar-refractivity contribution in [1.29, 1.82) is 0 Å². The van der Waals surface area contributed by atoms with Crippen molar-refractivity contribution >= 4 is 58.4 Å². The van der Waals surface area contributed by atoms with Crippen LogP contribution in [0.25, 0.3) is 21.9 Å². The van der Waals surface area contributed by atoms with E-state index in [1.807, 2.05) is 80.7 Å². The second kappa shape index (κ2) is 18.5. The van der Waals surface area contributed by atoms with Gasteiger partial charge in [-0.15, -0.1) is 12.4 Å². The Kier molecular flexibility index (Phi) is 13.3. The lowest BCUT2D eigenvalue weighted by atomic mass is 9.98. The number of alkyl carbamates (subject to hydrolysis) is 1. The number of fused-ring (bicyclic) bond motifs is 5. The molecule has 0 unspecified atom stereocenters. The summed E-state index contributed by atoms with van der Waals surface area (Å²) in [5.41, 5.74) is 6.77. The molecular weight excluding hydrogens is 758 g/mol. The van der Waals surface area contributed by atoms with Crippen molar-refractivity contribution in [1.82, 2.24) is 16.0 Å². The maximum atomic E-state index is 14.7. The van der Waals surface area contributed by atoms with Gasteiger partial charge in [-0.1, -0.05) is 72.8 Å². The topological polar surface area (TPSA) is 139 Å². The van der Waals surface area contributed by atoms with Gasteiger partial charge in [0.25, 0.3) is 0 Å². The standard InChI is InChI=1S/C45H47N5O7.ClH/c1-28(46-2)24-48-38-26-49(42(51)21-22-47-45(54)57-27-37-34-13-7-5-11-32(34)33-12-6-8-14-35(33)37)39-15-9-10-16-40(39)50(43(38)52)25-36-31-19-17-30(44(53)56-4)23-29(31)18-20-41(36)55-3;/h5-20,23,28,37-38,46,48H,21-22,24-27H2,1-4H3,(H,47,54);1H/t28-,38-;/m0./s1. The van der Waals surface area contributed by atoms with Crippen LogP contribution < -0.4 is 30.5 Å². The third-order valence-electron chi connectivity index (χ3n) is 10.9. The molecule has 58 heavy (non-hydrogen) atoms. The first-order chi connectivity index (χ1) is 27.7. The summed E-state index contributed by atoms with van der Waals surface area (Å²) in [7, 11) is 4.76. The van der Waals surface area contributed by atoms with E-state index in [2.05, 4.69) is 40.2 Å². The number of nitrogens with zero attached hydrogens (tertiary/aromatic N) is 2. The number of likely N-dealkylation sites (N-methyl/N-ethyl adjacent to an activating group) is 1. The van der Waals surface area contributed by atoms with Crippen LogP contribution in [0.15, 0.2) is 103 Å². The molecular formula is C45H48ClN5O7. The normalized spacial score (nSPS) is 15.0. The molecule has 302 valence electrons. The van der Waals surface area contributed by atoms with Gasteiger partial charge >= 0.3 is 12.1 Å². The largest absolute Gasteiger partial charge is 0.496 e. The lowest BCUT2D eigenvalue weighted by molar-refractivity contribution is -0.120. The molecule has 0 saturated heterocycles. The van der Waals surface area contributed by atoms with Gasteiger partial charge in [0, 0.05) is 37.0 Å². The average Bonchev–Trinajstić information content (AvgIpc) is 3.51. The summed E-state index contributed by atoms with van der Waals surface area (Å²) in [5, 5.41) is 10.9. The summed E-state index contributed by atoms with van der Waals surface area (Å²) < 4.78 is 16.5. The number of nitrogens with one attached hydrogen (secondary N) is 3. The molecule has 0 fully saturated rings. The Morgan fingerprint density at radius 1 is 0.862 bits per heavy atom. The third kappa shape index (κ3) is 8.50. The second-order valence-corrected chi connectivity index (χ2v) is 14.2. The van der Waals surface area contributed by atoms with Crippen molar-refractivity contribution in [3.8, 4) is 16.9 Å². The van der Waals surface area contributed by atoms with E-state index in [1.54, 1.807) is 29.0 Å². The van der Waals surface area contributed by atoms with Crippen LogP contribution in [0.4, 0.5) is 16.2 Å². The summed E-state index contributed by atoms with van der Waals surface area (Å²) in [5.74, 6) is -0.442. The summed E-state index contributed by atoms with van der Waals surface area (Å²) >= 11 is 0. The van der Waals surface area contributed by atoms with Crippen LogP contribution >= 0.6 is 12.4 Å². The van der Waals surface area contributed by atoms with Crippen LogP contribution in [0.3, 0.4) is 0 Å². The highest BCUT2D eigenvalue weighted by Crippen LogP contribution is 2.44. The highest BCUT2D eigenvalue weighted by molar-refractivity contribution is 6.08. The first-order valence-corrected chi connectivity index (χ1v) is 19.1. The van der Waals surface area contributed by atoms with Crippen molar-refractivity contribution in [2.75, 3.05) is 57.3 Å². The van der Waals surface area contributed by atoms with E-state index >= 15 is 0 Å². The summed E-state index contributed by atoms with van der Waals surface area (Å²) in [6.07, 6.45) is -0.628. The smallest absolute Gasteiger partial charge is 0.407 e. The summed E-state index contributed by atoms with van der Waals surface area (Å²) in [4.78, 5) is 57.4. The number of hydrogen-bond donors (Lipinski definition) is 3. The van der Waals surface area contributed by atoms with E-state index in [4.69, 9.17) is 14.2 Å². The predicted octanol–water partition coefficient (Wildman–Crippen LogP) is 6.43. The van der Waals surface area contributed by atoms with Crippen LogP contribution in [0, 0.1) is 0 Å². The molecule has 0 saturated carbocycles. The number of methoxy groups -OCH3 is 2. The number of esters is 1. The third-order valence-corrected chi connectivity index (χ3v) is 10.9. The molecule has 5 aromatic rings. The second-order valence-electron chi connectivity index (χ2n) is 14.2. The fourth-order valence-corrected chi connectivity index (χ4v) is 7.75. The molecule has 0 radical (unpaired) electrons. The van der Waals surface area contributed by atoms with Gasteiger partial charge in [0.1, 0.15) is 18.4 Å². The van der Waals surface area contributed by atoms with Crippen LogP contribution in [0.1, 0.15) is 46.3 Å². The van der Waals surface area contributed by atoms with Gasteiger partial charge in [-0.2, -0.15) is 0 Å². The summed E-state index contributed by atoms with van der Waals surface area (Å²) in [6.45, 7) is 2.87. The minimum absolute atomic E-state index is 0. The number of hydrogen-bond acceptors (Lipinski definition) is 9. The zero-order valence-corrected chi connectivity index (χ0v) is 33.8. The molecule has 3 N–H and O–H groups in total. The van der Waals surface area contributed by atoms with E-state index in [0.717, 1.165) is 38.6 Å². The Bertz CT molecular complexity index is 2270. The number of carbonyl (C=O) groups is 4. The Labute approximate surface area is 344 Å². The Hall–Kier alpha value is -5.95. The Balaban J connectivity index is 0.00000567. The Morgan fingerprint density at radius 3 is 2.21 bits per heavy atom. The zero-order chi connectivity index (χ0) is 40.1. The van der Waals surface area contributed by atoms with E-state index in [1.165, 1.54) is 7.11 Å². The van der Waals surface area contributed by atoms with Crippen LogP contribution in [-0.4, -0.2) is 83.5 Å². The number of anilines is 2. The molecule has 12 nitrogen and oxygen atoms in total. The van der Waals surface area contributed by atoms with Gasteiger partial charge in [-0.3, -0.25) is 9.59 Å². The monoisotopic (exact) mass is 805 g/mol. The van der Waals surface area contributed by atoms with Crippen molar-refractivity contribution in [3.05, 3.63) is 125 Å². The maximum Gasteiger partial charge on any atom is 0.407 e. The lowest BCUT2D eigenvalue weighted by Gasteiger charge is -2.27. The van der Waals surface area contributed by atoms with Crippen molar-refractivity contribution in [3.63, 3.8) is 0 Å². The van der Waals surface area contributed by atoms with Gasteiger partial charge in [-0.25, -0.2) is 9.59 Å². The van der Waals surface area contributed by atoms with Crippen molar-refractivity contribution in [2.24, 2.45) is 0 Å². The molecule has 2 aliphatic rings. The molecule has 7 rings (SSSR count). The van der Waals surface area contributed by atoms with Crippen LogP contribution in [-0.2, 0) is 25.6 Å². The van der Waals surface area contributed by atoms with Gasteiger partial charge in [0.2, 0.25) is 11.8 Å². The fourth-order valence-electron chi connectivity index (χ4n) is 7.75. The first kappa shape index (κ1) is 41.7. The Morgan fingerprint density at radius 2 is 1.53 bits per heavy atom. The number of halogens is 1. The summed E-state index contributed by atoms with van der Waals surface area (Å²) in [6, 6.07) is 31.8. The minimum atomic E-state index is -0.765. The number of benzene rings is 5. The predicted molar refractivity (Wildman–Crippen MR) is 227 cm³/mol. The SMILES string of the molecule is CN[C@@H](C)CN[C@H]1CN(C(=O)CCNC(=O)OCC2c3ccccc3-c3ccccc32)c2ccccc2N(Cc2c(OC)ccc3cc(C(=O)OC)ccc23)C1=O.Cl. The molecule has 2 atom stereocenters. The highest BCUT2D eigenvalue weighted by atomic mass is 35.5. The molecule has 5 aromatic carbocycles. The van der Waals surface area contributed by atoms with Crippen molar-refractivity contribution in [2.45, 2.75) is 37.9 Å². The van der Waals surface area contributed by atoms with Crippen LogP contribution in [0.5, 0.6) is 5.75 Å². The van der Waals surface area contributed by atoms with E-state index in [9.17, 15) is 19.2 Å².